The van der Waals surface area contributed by atoms with Crippen LogP contribution in [-0.2, 0) is 4.79 Å². The Bertz CT molecular complexity index is 1450. The molecule has 0 bridgehead atoms. The lowest BCUT2D eigenvalue weighted by Gasteiger charge is -2.22. The Morgan fingerprint density at radius 1 is 1.00 bits per heavy atom. The second-order valence-corrected chi connectivity index (χ2v) is 9.41. The van der Waals surface area contributed by atoms with Gasteiger partial charge < -0.3 is 14.4 Å². The van der Waals surface area contributed by atoms with Crippen molar-refractivity contribution >= 4 is 29.4 Å². The van der Waals surface area contributed by atoms with Crippen LogP contribution in [0.15, 0.2) is 79.0 Å². The minimum Gasteiger partial charge on any atom is -0.497 e. The molecule has 0 saturated heterocycles. The summed E-state index contributed by atoms with van der Waals surface area (Å²) in [7, 11) is 3.17. The van der Waals surface area contributed by atoms with Crippen LogP contribution >= 0.6 is 11.6 Å². The maximum Gasteiger partial charge on any atom is 0.254 e. The van der Waals surface area contributed by atoms with E-state index < -0.39 is 0 Å². The van der Waals surface area contributed by atoms with Gasteiger partial charge in [0.25, 0.3) is 5.91 Å². The largest absolute Gasteiger partial charge is 0.497 e. The Kier molecular flexibility index (Phi) is 7.33. The van der Waals surface area contributed by atoms with E-state index in [0.717, 1.165) is 24.1 Å². The van der Waals surface area contributed by atoms with E-state index in [0.29, 0.717) is 33.7 Å². The molecule has 194 valence electrons. The molecular formula is C29H27ClN4O4. The zero-order chi connectivity index (χ0) is 26.6. The lowest BCUT2D eigenvalue weighted by molar-refractivity contribution is -0.117. The van der Waals surface area contributed by atoms with Crippen molar-refractivity contribution in [3.63, 3.8) is 0 Å². The van der Waals surface area contributed by atoms with Crippen LogP contribution in [0.3, 0.4) is 0 Å². The zero-order valence-corrected chi connectivity index (χ0v) is 21.8. The number of halogens is 1. The van der Waals surface area contributed by atoms with E-state index in [1.807, 2.05) is 42.6 Å². The molecule has 1 aromatic heterocycles. The number of carbonyl (C=O) groups excluding carboxylic acids is 2. The average molecular weight is 531 g/mol. The van der Waals surface area contributed by atoms with E-state index >= 15 is 0 Å². The fourth-order valence-electron chi connectivity index (χ4n) is 4.16. The van der Waals surface area contributed by atoms with Crippen molar-refractivity contribution in [1.29, 1.82) is 0 Å². The van der Waals surface area contributed by atoms with Crippen LogP contribution < -0.4 is 14.8 Å². The molecule has 5 rings (SSSR count). The molecule has 8 nitrogen and oxygen atoms in total. The summed E-state index contributed by atoms with van der Waals surface area (Å²) < 4.78 is 12.4. The predicted octanol–water partition coefficient (Wildman–Crippen LogP) is 5.45. The molecule has 2 amide bonds. The van der Waals surface area contributed by atoms with Gasteiger partial charge in [0.2, 0.25) is 11.9 Å². The van der Waals surface area contributed by atoms with E-state index in [2.05, 4.69) is 5.32 Å². The van der Waals surface area contributed by atoms with Gasteiger partial charge in [0.05, 0.1) is 25.6 Å². The van der Waals surface area contributed by atoms with E-state index in [1.165, 1.54) is 0 Å². The van der Waals surface area contributed by atoms with E-state index in [4.69, 9.17) is 26.1 Å². The van der Waals surface area contributed by atoms with Crippen molar-refractivity contribution in [2.45, 2.75) is 18.9 Å². The smallest absolute Gasteiger partial charge is 0.254 e. The summed E-state index contributed by atoms with van der Waals surface area (Å²) in [6.07, 6.45) is 3.58. The van der Waals surface area contributed by atoms with Crippen LogP contribution in [0.2, 0.25) is 5.02 Å². The standard InChI is InChI=1S/C29H27ClN4O4/c1-37-24-14-8-20(9-15-24)28(36)33(22-12-13-22)18-27(35)32-29-31-26(19-6-10-21(30)11-7-19)17-34(29)23-4-3-5-25(16-23)38-2/h3-11,14-17,22H,12-13,18H2,1-2H3,(H,31,32,35). The first-order valence-electron chi connectivity index (χ1n) is 12.2. The molecule has 4 aromatic rings. The fraction of sp³-hybridized carbons (Fsp3) is 0.207. The molecule has 38 heavy (non-hydrogen) atoms. The highest BCUT2D eigenvalue weighted by molar-refractivity contribution is 6.30. The molecule has 1 saturated carbocycles. The third-order valence-electron chi connectivity index (χ3n) is 6.33. The highest BCUT2D eigenvalue weighted by Crippen LogP contribution is 2.30. The maximum atomic E-state index is 13.3. The summed E-state index contributed by atoms with van der Waals surface area (Å²) in [6, 6.07) is 21.7. The van der Waals surface area contributed by atoms with Crippen molar-refractivity contribution in [2.75, 3.05) is 26.1 Å². The Morgan fingerprint density at radius 3 is 2.37 bits per heavy atom. The van der Waals surface area contributed by atoms with Gasteiger partial charge in [-0.05, 0) is 61.4 Å². The number of ether oxygens (including phenoxy) is 2. The summed E-state index contributed by atoms with van der Waals surface area (Å²) in [5.74, 6) is 1.14. The number of amides is 2. The lowest BCUT2D eigenvalue weighted by Crippen LogP contribution is -2.39. The van der Waals surface area contributed by atoms with Crippen LogP contribution in [0.4, 0.5) is 5.95 Å². The Labute approximate surface area is 225 Å². The fourth-order valence-corrected chi connectivity index (χ4v) is 4.28. The van der Waals surface area contributed by atoms with Gasteiger partial charge in [0.1, 0.15) is 18.0 Å². The first-order valence-corrected chi connectivity index (χ1v) is 12.6. The van der Waals surface area contributed by atoms with Crippen molar-refractivity contribution in [2.24, 2.45) is 0 Å². The van der Waals surface area contributed by atoms with Crippen molar-refractivity contribution in [1.82, 2.24) is 14.5 Å². The van der Waals surface area contributed by atoms with Gasteiger partial charge in [-0.3, -0.25) is 19.5 Å². The highest BCUT2D eigenvalue weighted by atomic mass is 35.5. The van der Waals surface area contributed by atoms with Gasteiger partial charge >= 0.3 is 0 Å². The summed E-state index contributed by atoms with van der Waals surface area (Å²) in [6.45, 7) is -0.0865. The van der Waals surface area contributed by atoms with E-state index in [1.54, 1.807) is 60.1 Å². The molecule has 0 unspecified atom stereocenters. The number of anilines is 1. The molecule has 1 heterocycles. The molecule has 1 N–H and O–H groups in total. The molecule has 1 aliphatic rings. The number of hydrogen-bond donors (Lipinski definition) is 1. The first kappa shape index (κ1) is 25.4. The van der Waals surface area contributed by atoms with Gasteiger partial charge in [-0.2, -0.15) is 0 Å². The molecule has 1 aliphatic carbocycles. The molecule has 0 spiro atoms. The molecular weight excluding hydrogens is 504 g/mol. The zero-order valence-electron chi connectivity index (χ0n) is 21.1. The van der Waals surface area contributed by atoms with Crippen LogP contribution in [-0.4, -0.2) is 53.1 Å². The van der Waals surface area contributed by atoms with Crippen LogP contribution in [0, 0.1) is 0 Å². The average Bonchev–Trinajstić information content (AvgIpc) is 3.71. The van der Waals surface area contributed by atoms with Gasteiger partial charge in [-0.25, -0.2) is 4.98 Å². The number of carbonyl (C=O) groups is 2. The van der Waals surface area contributed by atoms with Crippen molar-refractivity contribution in [3.05, 3.63) is 89.6 Å². The molecule has 1 fully saturated rings. The van der Waals surface area contributed by atoms with E-state index in [-0.39, 0.29) is 24.4 Å². The number of imidazole rings is 1. The monoisotopic (exact) mass is 530 g/mol. The maximum absolute atomic E-state index is 13.3. The quantitative estimate of drug-likeness (QED) is 0.311. The normalized spacial score (nSPS) is 12.6. The SMILES string of the molecule is COc1ccc(C(=O)N(CC(=O)Nc2nc(-c3ccc(Cl)cc3)cn2-c2cccc(OC)c2)C2CC2)cc1. The number of nitrogens with zero attached hydrogens (tertiary/aromatic N) is 3. The number of nitrogens with one attached hydrogen (secondary N) is 1. The van der Waals surface area contributed by atoms with Crippen molar-refractivity contribution < 1.29 is 19.1 Å². The van der Waals surface area contributed by atoms with Crippen LogP contribution in [0.1, 0.15) is 23.2 Å². The Morgan fingerprint density at radius 2 is 1.71 bits per heavy atom. The van der Waals surface area contributed by atoms with Gasteiger partial charge in [0, 0.05) is 34.5 Å². The predicted molar refractivity (Wildman–Crippen MR) is 146 cm³/mol. The minimum absolute atomic E-state index is 0.0399. The lowest BCUT2D eigenvalue weighted by atomic mass is 10.2. The summed E-state index contributed by atoms with van der Waals surface area (Å²) in [5.41, 5.74) is 2.78. The molecule has 0 atom stereocenters. The number of methoxy groups -OCH3 is 2. The van der Waals surface area contributed by atoms with Gasteiger partial charge in [0.15, 0.2) is 0 Å². The Hall–Kier alpha value is -4.30. The van der Waals surface area contributed by atoms with Crippen LogP contribution in [0.25, 0.3) is 16.9 Å². The van der Waals surface area contributed by atoms with Gasteiger partial charge in [-0.1, -0.05) is 29.8 Å². The summed E-state index contributed by atoms with van der Waals surface area (Å²) in [5, 5.41) is 3.54. The third kappa shape index (κ3) is 5.65. The van der Waals surface area contributed by atoms with Gasteiger partial charge in [-0.15, -0.1) is 0 Å². The summed E-state index contributed by atoms with van der Waals surface area (Å²) >= 11 is 6.06. The molecule has 0 radical (unpaired) electrons. The third-order valence-corrected chi connectivity index (χ3v) is 6.58. The molecule has 3 aromatic carbocycles. The number of benzene rings is 3. The summed E-state index contributed by atoms with van der Waals surface area (Å²) in [4.78, 5) is 32.8. The van der Waals surface area contributed by atoms with E-state index in [9.17, 15) is 9.59 Å². The first-order chi connectivity index (χ1) is 18.4. The molecule has 0 aliphatic heterocycles. The second kappa shape index (κ2) is 11.0. The second-order valence-electron chi connectivity index (χ2n) is 8.97. The Balaban J connectivity index is 1.41. The number of aromatic nitrogens is 2. The van der Waals surface area contributed by atoms with Crippen LogP contribution in [0.5, 0.6) is 11.5 Å². The highest BCUT2D eigenvalue weighted by Gasteiger charge is 2.34. The number of hydrogen-bond acceptors (Lipinski definition) is 5. The molecule has 9 heteroatoms. The minimum atomic E-state index is -0.337. The number of rotatable bonds is 9. The topological polar surface area (TPSA) is 85.7 Å². The van der Waals surface area contributed by atoms with Crippen molar-refractivity contribution in [3.8, 4) is 28.4 Å².